The normalized spacial score (nSPS) is 11.8. The van der Waals surface area contributed by atoms with Crippen molar-refractivity contribution in [2.75, 3.05) is 6.54 Å². The summed E-state index contributed by atoms with van der Waals surface area (Å²) in [4.78, 5) is 33.9. The highest BCUT2D eigenvalue weighted by Crippen LogP contribution is 2.22. The van der Waals surface area contributed by atoms with Crippen LogP contribution in [0.3, 0.4) is 0 Å². The van der Waals surface area contributed by atoms with E-state index in [2.05, 4.69) is 5.32 Å². The summed E-state index contributed by atoms with van der Waals surface area (Å²) in [6.07, 6.45) is 0.474. The molecule has 0 saturated carbocycles. The maximum atomic E-state index is 12.1. The molecule has 2 N–H and O–H groups in total. The highest BCUT2D eigenvalue weighted by Gasteiger charge is 2.21. The van der Waals surface area contributed by atoms with Gasteiger partial charge in [-0.3, -0.25) is 19.7 Å². The number of hydrogen-bond donors (Lipinski definition) is 2. The van der Waals surface area contributed by atoms with E-state index in [0.29, 0.717) is 0 Å². The predicted molar refractivity (Wildman–Crippen MR) is 87.1 cm³/mol. The first-order chi connectivity index (χ1) is 11.4. The highest BCUT2D eigenvalue weighted by molar-refractivity contribution is 6.31. The molecule has 2 aromatic rings. The molecule has 0 aliphatic carbocycles. The molecular formula is C15H14ClN3O5. The molecule has 1 heterocycles. The first kappa shape index (κ1) is 17.6. The Labute approximate surface area is 141 Å². The van der Waals surface area contributed by atoms with Crippen LogP contribution in [0, 0.1) is 10.1 Å². The smallest absolute Gasteiger partial charge is 0.282 e. The molecule has 1 aromatic carbocycles. The van der Waals surface area contributed by atoms with E-state index >= 15 is 0 Å². The first-order valence-corrected chi connectivity index (χ1v) is 7.32. The molecule has 1 atom stereocenters. The molecular weight excluding hydrogens is 338 g/mol. The Morgan fingerprint density at radius 1 is 1.38 bits per heavy atom. The van der Waals surface area contributed by atoms with Crippen LogP contribution in [0.4, 0.5) is 5.69 Å². The third-order valence-corrected chi connectivity index (χ3v) is 3.44. The van der Waals surface area contributed by atoms with Gasteiger partial charge in [0.25, 0.3) is 17.2 Å². The van der Waals surface area contributed by atoms with E-state index in [0.717, 1.165) is 6.07 Å². The Bertz CT molecular complexity index is 821. The fraction of sp³-hybridized carbons (Fsp3) is 0.200. The van der Waals surface area contributed by atoms with Crippen molar-refractivity contribution < 1.29 is 14.8 Å². The molecule has 9 heteroatoms. The average molecular weight is 352 g/mol. The van der Waals surface area contributed by atoms with Crippen LogP contribution < -0.4 is 10.9 Å². The number of nitrogens with zero attached hydrogens (tertiary/aromatic N) is 2. The SMILES string of the molecule is O=C(NCC(O)Cn1ccccc1=O)c1cc(Cl)ccc1[N+](=O)[O-]. The minimum Gasteiger partial charge on any atom is -0.389 e. The van der Waals surface area contributed by atoms with Crippen molar-refractivity contribution in [3.05, 3.63) is 73.6 Å². The van der Waals surface area contributed by atoms with E-state index in [-0.39, 0.29) is 34.9 Å². The number of nitrogens with one attached hydrogen (secondary N) is 1. The number of aliphatic hydroxyl groups excluding tert-OH is 1. The van der Waals surface area contributed by atoms with Crippen LogP contribution >= 0.6 is 11.6 Å². The molecule has 1 unspecified atom stereocenters. The maximum Gasteiger partial charge on any atom is 0.282 e. The van der Waals surface area contributed by atoms with E-state index in [4.69, 9.17) is 11.6 Å². The van der Waals surface area contributed by atoms with Gasteiger partial charge in [0, 0.05) is 29.9 Å². The molecule has 8 nitrogen and oxygen atoms in total. The molecule has 1 amide bonds. The molecule has 0 bridgehead atoms. The number of pyridine rings is 1. The number of aromatic nitrogens is 1. The van der Waals surface area contributed by atoms with Crippen molar-refractivity contribution in [1.82, 2.24) is 9.88 Å². The number of rotatable bonds is 6. The van der Waals surface area contributed by atoms with E-state index in [9.17, 15) is 24.8 Å². The van der Waals surface area contributed by atoms with Crippen molar-refractivity contribution in [2.45, 2.75) is 12.6 Å². The highest BCUT2D eigenvalue weighted by atomic mass is 35.5. The number of halogens is 1. The fourth-order valence-corrected chi connectivity index (χ4v) is 2.23. The van der Waals surface area contributed by atoms with Gasteiger partial charge in [0.1, 0.15) is 5.56 Å². The van der Waals surface area contributed by atoms with Crippen LogP contribution in [-0.2, 0) is 6.54 Å². The minimum atomic E-state index is -1.03. The third kappa shape index (κ3) is 4.40. The third-order valence-electron chi connectivity index (χ3n) is 3.20. The lowest BCUT2D eigenvalue weighted by atomic mass is 10.1. The first-order valence-electron chi connectivity index (χ1n) is 6.94. The van der Waals surface area contributed by atoms with Crippen LogP contribution in [0.2, 0.25) is 5.02 Å². The standard InChI is InChI=1S/C15H14ClN3O5/c16-10-4-5-13(19(23)24)12(7-10)15(22)17-8-11(20)9-18-6-2-1-3-14(18)21/h1-7,11,20H,8-9H2,(H,17,22). The topological polar surface area (TPSA) is 114 Å². The molecule has 0 spiro atoms. The number of nitro benzene ring substituents is 1. The summed E-state index contributed by atoms with van der Waals surface area (Å²) < 4.78 is 1.29. The Morgan fingerprint density at radius 2 is 2.12 bits per heavy atom. The van der Waals surface area contributed by atoms with Gasteiger partial charge in [0.15, 0.2) is 0 Å². The molecule has 0 aliphatic heterocycles. The summed E-state index contributed by atoms with van der Waals surface area (Å²) in [7, 11) is 0. The van der Waals surface area contributed by atoms with Crippen molar-refractivity contribution in [3.63, 3.8) is 0 Å². The van der Waals surface area contributed by atoms with Crippen molar-refractivity contribution >= 4 is 23.2 Å². The number of amides is 1. The van der Waals surface area contributed by atoms with Crippen LogP contribution in [-0.4, -0.2) is 33.2 Å². The molecule has 24 heavy (non-hydrogen) atoms. The second kappa shape index (κ2) is 7.71. The predicted octanol–water partition coefficient (Wildman–Crippen LogP) is 1.20. The van der Waals surface area contributed by atoms with Crippen LogP contribution in [0.5, 0.6) is 0 Å². The van der Waals surface area contributed by atoms with E-state index < -0.39 is 16.9 Å². The van der Waals surface area contributed by atoms with Crippen LogP contribution in [0.1, 0.15) is 10.4 Å². The lowest BCUT2D eigenvalue weighted by Gasteiger charge is -2.13. The summed E-state index contributed by atoms with van der Waals surface area (Å²) in [6, 6.07) is 8.20. The number of benzene rings is 1. The maximum absolute atomic E-state index is 12.1. The van der Waals surface area contributed by atoms with Gasteiger partial charge in [-0.15, -0.1) is 0 Å². The fourth-order valence-electron chi connectivity index (χ4n) is 2.06. The summed E-state index contributed by atoms with van der Waals surface area (Å²) >= 11 is 5.76. The van der Waals surface area contributed by atoms with Crippen molar-refractivity contribution in [3.8, 4) is 0 Å². The van der Waals surface area contributed by atoms with E-state index in [1.165, 1.54) is 29.0 Å². The average Bonchev–Trinajstić information content (AvgIpc) is 2.54. The Balaban J connectivity index is 2.03. The second-order valence-electron chi connectivity index (χ2n) is 4.97. The molecule has 0 radical (unpaired) electrons. The Kier molecular flexibility index (Phi) is 5.67. The number of hydrogen-bond acceptors (Lipinski definition) is 5. The summed E-state index contributed by atoms with van der Waals surface area (Å²) in [5.74, 6) is -0.733. The van der Waals surface area contributed by atoms with Gasteiger partial charge in [-0.25, -0.2) is 0 Å². The van der Waals surface area contributed by atoms with Crippen molar-refractivity contribution in [2.24, 2.45) is 0 Å². The number of carbonyl (C=O) groups is 1. The summed E-state index contributed by atoms with van der Waals surface area (Å²) in [5, 5.41) is 23.4. The number of nitro groups is 1. The number of aliphatic hydroxyl groups is 1. The molecule has 2 rings (SSSR count). The molecule has 0 fully saturated rings. The zero-order chi connectivity index (χ0) is 17.7. The zero-order valence-electron chi connectivity index (χ0n) is 12.4. The lowest BCUT2D eigenvalue weighted by Crippen LogP contribution is -2.36. The molecule has 126 valence electrons. The van der Waals surface area contributed by atoms with Gasteiger partial charge in [0.05, 0.1) is 17.6 Å². The van der Waals surface area contributed by atoms with E-state index in [1.807, 2.05) is 0 Å². The van der Waals surface area contributed by atoms with Gasteiger partial charge < -0.3 is 15.0 Å². The summed E-state index contributed by atoms with van der Waals surface area (Å²) in [5.41, 5.74) is -0.865. The van der Waals surface area contributed by atoms with Gasteiger partial charge >= 0.3 is 0 Å². The molecule has 0 aliphatic rings. The molecule has 0 saturated heterocycles. The number of carbonyl (C=O) groups excluding carboxylic acids is 1. The van der Waals surface area contributed by atoms with Gasteiger partial charge in [-0.05, 0) is 18.2 Å². The van der Waals surface area contributed by atoms with E-state index in [1.54, 1.807) is 12.1 Å². The van der Waals surface area contributed by atoms with Crippen LogP contribution in [0.25, 0.3) is 0 Å². The Morgan fingerprint density at radius 3 is 2.79 bits per heavy atom. The van der Waals surface area contributed by atoms with Crippen LogP contribution in [0.15, 0.2) is 47.4 Å². The quantitative estimate of drug-likeness (QED) is 0.599. The molecule has 1 aromatic heterocycles. The largest absolute Gasteiger partial charge is 0.389 e. The lowest BCUT2D eigenvalue weighted by molar-refractivity contribution is -0.385. The Hall–Kier alpha value is -2.71. The monoisotopic (exact) mass is 351 g/mol. The van der Waals surface area contributed by atoms with Gasteiger partial charge in [0.2, 0.25) is 0 Å². The zero-order valence-corrected chi connectivity index (χ0v) is 13.1. The van der Waals surface area contributed by atoms with Crippen molar-refractivity contribution in [1.29, 1.82) is 0 Å². The second-order valence-corrected chi connectivity index (χ2v) is 5.41. The summed E-state index contributed by atoms with van der Waals surface area (Å²) in [6.45, 7) is -0.193. The minimum absolute atomic E-state index is 0.0163. The van der Waals surface area contributed by atoms with Gasteiger partial charge in [-0.2, -0.15) is 0 Å². The van der Waals surface area contributed by atoms with Gasteiger partial charge in [-0.1, -0.05) is 17.7 Å².